The summed E-state index contributed by atoms with van der Waals surface area (Å²) in [4.78, 5) is 16.8. The van der Waals surface area contributed by atoms with E-state index in [9.17, 15) is 4.79 Å². The van der Waals surface area contributed by atoms with Crippen molar-refractivity contribution in [1.29, 1.82) is 0 Å². The van der Waals surface area contributed by atoms with Crippen molar-refractivity contribution in [1.82, 2.24) is 16.0 Å². The summed E-state index contributed by atoms with van der Waals surface area (Å²) < 4.78 is 6.11. The number of rotatable bonds is 7. The summed E-state index contributed by atoms with van der Waals surface area (Å²) >= 11 is 0. The molecule has 1 aliphatic rings. The molecule has 1 fully saturated rings. The zero-order valence-electron chi connectivity index (χ0n) is 18.7. The summed E-state index contributed by atoms with van der Waals surface area (Å²) in [7, 11) is 0. The number of carbonyl (C=O) groups is 1. The van der Waals surface area contributed by atoms with Gasteiger partial charge in [-0.15, -0.1) is 0 Å². The molecule has 0 aromatic heterocycles. The molecule has 0 saturated carbocycles. The van der Waals surface area contributed by atoms with Crippen molar-refractivity contribution in [2.75, 3.05) is 32.8 Å². The summed E-state index contributed by atoms with van der Waals surface area (Å²) in [6.45, 7) is 13.4. The molecule has 2 rings (SSSR count). The van der Waals surface area contributed by atoms with E-state index >= 15 is 0 Å². The van der Waals surface area contributed by atoms with Gasteiger partial charge in [-0.05, 0) is 32.3 Å². The molecule has 29 heavy (non-hydrogen) atoms. The van der Waals surface area contributed by atoms with Gasteiger partial charge >= 0.3 is 0 Å². The van der Waals surface area contributed by atoms with Crippen LogP contribution in [0.2, 0.25) is 0 Å². The van der Waals surface area contributed by atoms with E-state index in [0.29, 0.717) is 25.6 Å². The Labute approximate surface area is 175 Å². The fourth-order valence-electron chi connectivity index (χ4n) is 3.33. The van der Waals surface area contributed by atoms with Crippen LogP contribution in [-0.2, 0) is 9.53 Å². The lowest BCUT2D eigenvalue weighted by molar-refractivity contribution is -0.128. The van der Waals surface area contributed by atoms with Gasteiger partial charge < -0.3 is 20.7 Å². The first-order valence-corrected chi connectivity index (χ1v) is 10.8. The largest absolute Gasteiger partial charge is 0.373 e. The monoisotopic (exact) mass is 402 g/mol. The molecule has 1 aliphatic heterocycles. The Kier molecular flexibility index (Phi) is 8.96. The van der Waals surface area contributed by atoms with Crippen LogP contribution < -0.4 is 16.0 Å². The van der Waals surface area contributed by atoms with Gasteiger partial charge in [0.15, 0.2) is 5.96 Å². The average Bonchev–Trinajstić information content (AvgIpc) is 2.69. The van der Waals surface area contributed by atoms with E-state index in [1.165, 1.54) is 11.1 Å². The van der Waals surface area contributed by atoms with Crippen LogP contribution >= 0.6 is 0 Å². The van der Waals surface area contributed by atoms with Gasteiger partial charge in [0.25, 0.3) is 0 Å². The molecule has 3 N–H and O–H groups in total. The highest BCUT2D eigenvalue weighted by molar-refractivity contribution is 5.81. The average molecular weight is 403 g/mol. The normalized spacial score (nSPS) is 20.2. The molecule has 1 amide bonds. The van der Waals surface area contributed by atoms with Gasteiger partial charge in [-0.1, -0.05) is 50.6 Å². The van der Waals surface area contributed by atoms with Gasteiger partial charge in [-0.3, -0.25) is 9.79 Å². The van der Waals surface area contributed by atoms with Crippen LogP contribution in [0.15, 0.2) is 29.3 Å². The second-order valence-electron chi connectivity index (χ2n) is 8.76. The van der Waals surface area contributed by atoms with Gasteiger partial charge in [0.1, 0.15) is 0 Å². The van der Waals surface area contributed by atoms with E-state index in [4.69, 9.17) is 9.73 Å². The van der Waals surface area contributed by atoms with E-state index in [1.54, 1.807) is 0 Å². The first-order chi connectivity index (χ1) is 13.8. The van der Waals surface area contributed by atoms with Gasteiger partial charge in [0.2, 0.25) is 5.91 Å². The summed E-state index contributed by atoms with van der Waals surface area (Å²) in [5.41, 5.74) is 2.12. The van der Waals surface area contributed by atoms with E-state index in [2.05, 4.69) is 54.1 Å². The van der Waals surface area contributed by atoms with Crippen LogP contribution in [0.3, 0.4) is 0 Å². The summed E-state index contributed by atoms with van der Waals surface area (Å²) in [5.74, 6) is 1.20. The van der Waals surface area contributed by atoms with Crippen molar-refractivity contribution in [3.05, 3.63) is 35.4 Å². The lowest BCUT2D eigenvalue weighted by atomic mass is 9.89. The third-order valence-electron chi connectivity index (χ3n) is 5.06. The number of carbonyl (C=O) groups excluding carboxylic acids is 1. The van der Waals surface area contributed by atoms with Crippen LogP contribution in [0.5, 0.6) is 0 Å². The minimum absolute atomic E-state index is 0.0570. The van der Waals surface area contributed by atoms with E-state index in [-0.39, 0.29) is 17.4 Å². The zero-order chi connectivity index (χ0) is 21.3. The fourth-order valence-corrected chi connectivity index (χ4v) is 3.33. The number of hydrogen-bond donors (Lipinski definition) is 3. The van der Waals surface area contributed by atoms with E-state index in [0.717, 1.165) is 32.0 Å². The minimum atomic E-state index is -0.370. The summed E-state index contributed by atoms with van der Waals surface area (Å²) in [5, 5.41) is 9.55. The van der Waals surface area contributed by atoms with Gasteiger partial charge in [0.05, 0.1) is 6.10 Å². The van der Waals surface area contributed by atoms with Gasteiger partial charge in [-0.2, -0.15) is 0 Å². The quantitative estimate of drug-likeness (QED) is 0.372. The number of guanidine groups is 1. The van der Waals surface area contributed by atoms with Gasteiger partial charge in [0, 0.05) is 44.1 Å². The third kappa shape index (κ3) is 7.69. The first-order valence-electron chi connectivity index (χ1n) is 10.8. The number of benzene rings is 1. The third-order valence-corrected chi connectivity index (χ3v) is 5.06. The molecule has 1 aromatic rings. The Balaban J connectivity index is 1.91. The highest BCUT2D eigenvalue weighted by Crippen LogP contribution is 2.33. The first kappa shape index (κ1) is 23.2. The number of nitrogens with zero attached hydrogens (tertiary/aromatic N) is 1. The van der Waals surface area contributed by atoms with Crippen LogP contribution in [0.1, 0.15) is 57.8 Å². The smallest absolute Gasteiger partial charge is 0.225 e. The standard InChI is InChI=1S/C23H38N4O2/c1-6-24-22(26-14-13-25-21(28)23(3,4)5)27-16-19-8-7-15-29-20(19)18-11-9-17(2)10-12-18/h9-12,19-20H,6-8,13-16H2,1-5H3,(H,25,28)(H2,24,26,27). The predicted molar refractivity (Wildman–Crippen MR) is 119 cm³/mol. The van der Waals surface area contributed by atoms with E-state index in [1.807, 2.05) is 20.8 Å². The molecule has 0 spiro atoms. The second-order valence-corrected chi connectivity index (χ2v) is 8.76. The zero-order valence-corrected chi connectivity index (χ0v) is 18.7. The molecule has 6 heteroatoms. The van der Waals surface area contributed by atoms with Gasteiger partial charge in [-0.25, -0.2) is 0 Å². The maximum Gasteiger partial charge on any atom is 0.225 e. The molecule has 6 nitrogen and oxygen atoms in total. The van der Waals surface area contributed by atoms with Crippen molar-refractivity contribution in [2.45, 2.75) is 53.6 Å². The maximum atomic E-state index is 12.0. The Bertz CT molecular complexity index is 664. The molecule has 0 bridgehead atoms. The molecule has 2 unspecified atom stereocenters. The SMILES string of the molecule is CCNC(=NCC1CCCOC1c1ccc(C)cc1)NCCNC(=O)C(C)(C)C. The Morgan fingerprint density at radius 2 is 1.83 bits per heavy atom. The van der Waals surface area contributed by atoms with Crippen LogP contribution in [-0.4, -0.2) is 44.7 Å². The van der Waals surface area contributed by atoms with Crippen molar-refractivity contribution in [3.63, 3.8) is 0 Å². The number of aryl methyl sites for hydroxylation is 1. The Hall–Kier alpha value is -2.08. The van der Waals surface area contributed by atoms with Crippen molar-refractivity contribution < 1.29 is 9.53 Å². The van der Waals surface area contributed by atoms with Crippen molar-refractivity contribution in [3.8, 4) is 0 Å². The Morgan fingerprint density at radius 1 is 1.14 bits per heavy atom. The highest BCUT2D eigenvalue weighted by atomic mass is 16.5. The predicted octanol–water partition coefficient (Wildman–Crippen LogP) is 3.18. The molecule has 2 atom stereocenters. The van der Waals surface area contributed by atoms with E-state index < -0.39 is 0 Å². The fraction of sp³-hybridized carbons (Fsp3) is 0.652. The minimum Gasteiger partial charge on any atom is -0.373 e. The molecule has 1 saturated heterocycles. The lowest BCUT2D eigenvalue weighted by Crippen LogP contribution is -2.43. The lowest BCUT2D eigenvalue weighted by Gasteiger charge is -2.31. The molecule has 162 valence electrons. The van der Waals surface area contributed by atoms with Crippen LogP contribution in [0.25, 0.3) is 0 Å². The summed E-state index contributed by atoms with van der Waals surface area (Å²) in [6, 6.07) is 8.63. The number of ether oxygens (including phenoxy) is 1. The molecular formula is C23H38N4O2. The number of amides is 1. The Morgan fingerprint density at radius 3 is 2.48 bits per heavy atom. The topological polar surface area (TPSA) is 74.8 Å². The van der Waals surface area contributed by atoms with Crippen molar-refractivity contribution in [2.24, 2.45) is 16.3 Å². The van der Waals surface area contributed by atoms with Crippen LogP contribution in [0, 0.1) is 18.3 Å². The summed E-state index contributed by atoms with van der Waals surface area (Å²) in [6.07, 6.45) is 2.29. The maximum absolute atomic E-state index is 12.0. The number of hydrogen-bond acceptors (Lipinski definition) is 3. The molecule has 0 aliphatic carbocycles. The molecule has 1 aromatic carbocycles. The van der Waals surface area contributed by atoms with Crippen molar-refractivity contribution >= 4 is 11.9 Å². The molecular weight excluding hydrogens is 364 g/mol. The molecule has 1 heterocycles. The molecule has 0 radical (unpaired) electrons. The number of aliphatic imine (C=N–C) groups is 1. The van der Waals surface area contributed by atoms with Crippen LogP contribution in [0.4, 0.5) is 0 Å². The highest BCUT2D eigenvalue weighted by Gasteiger charge is 2.27. The second kappa shape index (κ2) is 11.2. The number of nitrogens with one attached hydrogen (secondary N) is 3.